The maximum Gasteiger partial charge on any atom is 0.328 e. The highest BCUT2D eigenvalue weighted by Crippen LogP contribution is 2.04. The summed E-state index contributed by atoms with van der Waals surface area (Å²) in [6.07, 6.45) is 0. The largest absolute Gasteiger partial charge is 0.467 e. The van der Waals surface area contributed by atoms with Gasteiger partial charge in [0.15, 0.2) is 0 Å². The SMILES string of the molecule is COC(=O)C(C)NC(=O)c1ccc(CN)cc1. The molecule has 1 rings (SSSR count). The third-order valence-electron chi connectivity index (χ3n) is 2.35. The molecule has 0 aliphatic carbocycles. The number of carbonyl (C=O) groups is 2. The van der Waals surface area contributed by atoms with Crippen LogP contribution in [0, 0.1) is 0 Å². The number of benzene rings is 1. The molecule has 17 heavy (non-hydrogen) atoms. The lowest BCUT2D eigenvalue weighted by molar-refractivity contribution is -0.142. The standard InChI is InChI=1S/C12H16N2O3/c1-8(12(16)17-2)14-11(15)10-5-3-9(7-13)4-6-10/h3-6,8H,7,13H2,1-2H3,(H,14,15). The molecular formula is C12H16N2O3. The van der Waals surface area contributed by atoms with Crippen molar-refractivity contribution < 1.29 is 14.3 Å². The van der Waals surface area contributed by atoms with Crippen molar-refractivity contribution in [2.24, 2.45) is 5.73 Å². The first kappa shape index (κ1) is 13.2. The van der Waals surface area contributed by atoms with Gasteiger partial charge in [-0.05, 0) is 24.6 Å². The molecule has 0 aromatic heterocycles. The number of esters is 1. The first-order valence-electron chi connectivity index (χ1n) is 5.26. The van der Waals surface area contributed by atoms with Crippen LogP contribution in [0.25, 0.3) is 0 Å². The number of nitrogens with one attached hydrogen (secondary N) is 1. The van der Waals surface area contributed by atoms with Gasteiger partial charge < -0.3 is 15.8 Å². The molecule has 0 heterocycles. The number of hydrogen-bond acceptors (Lipinski definition) is 4. The van der Waals surface area contributed by atoms with Crippen LogP contribution in [-0.4, -0.2) is 25.0 Å². The van der Waals surface area contributed by atoms with Crippen molar-refractivity contribution in [2.45, 2.75) is 19.5 Å². The summed E-state index contributed by atoms with van der Waals surface area (Å²) in [4.78, 5) is 22.9. The number of rotatable bonds is 4. The molecule has 1 aromatic rings. The van der Waals surface area contributed by atoms with Gasteiger partial charge in [0, 0.05) is 12.1 Å². The van der Waals surface area contributed by atoms with E-state index in [0.717, 1.165) is 5.56 Å². The lowest BCUT2D eigenvalue weighted by Crippen LogP contribution is -2.39. The van der Waals surface area contributed by atoms with Crippen LogP contribution in [0.3, 0.4) is 0 Å². The van der Waals surface area contributed by atoms with Crippen molar-refractivity contribution in [3.05, 3.63) is 35.4 Å². The Hall–Kier alpha value is -1.88. The highest BCUT2D eigenvalue weighted by Gasteiger charge is 2.16. The first-order valence-corrected chi connectivity index (χ1v) is 5.26. The fourth-order valence-corrected chi connectivity index (χ4v) is 1.31. The van der Waals surface area contributed by atoms with Gasteiger partial charge in [0.05, 0.1) is 7.11 Å². The van der Waals surface area contributed by atoms with E-state index in [4.69, 9.17) is 5.73 Å². The van der Waals surface area contributed by atoms with Crippen molar-refractivity contribution in [1.29, 1.82) is 0 Å². The Kier molecular flexibility index (Phi) is 4.66. The highest BCUT2D eigenvalue weighted by molar-refractivity contribution is 5.96. The Labute approximate surface area is 99.9 Å². The monoisotopic (exact) mass is 236 g/mol. The van der Waals surface area contributed by atoms with E-state index < -0.39 is 12.0 Å². The van der Waals surface area contributed by atoms with Crippen molar-refractivity contribution in [3.63, 3.8) is 0 Å². The van der Waals surface area contributed by atoms with Crippen molar-refractivity contribution >= 4 is 11.9 Å². The number of amides is 1. The Morgan fingerprint density at radius 3 is 2.41 bits per heavy atom. The second kappa shape index (κ2) is 6.00. The zero-order valence-electron chi connectivity index (χ0n) is 9.90. The molecule has 92 valence electrons. The molecule has 3 N–H and O–H groups in total. The zero-order chi connectivity index (χ0) is 12.8. The van der Waals surface area contributed by atoms with Gasteiger partial charge in [-0.15, -0.1) is 0 Å². The summed E-state index contributed by atoms with van der Waals surface area (Å²) in [7, 11) is 1.28. The van der Waals surface area contributed by atoms with Gasteiger partial charge in [-0.25, -0.2) is 4.79 Å². The number of hydrogen-bond donors (Lipinski definition) is 2. The van der Waals surface area contributed by atoms with Crippen LogP contribution in [0.15, 0.2) is 24.3 Å². The van der Waals surface area contributed by atoms with Gasteiger partial charge in [0.25, 0.3) is 5.91 Å². The lowest BCUT2D eigenvalue weighted by Gasteiger charge is -2.11. The van der Waals surface area contributed by atoms with Crippen LogP contribution in [0.2, 0.25) is 0 Å². The summed E-state index contributed by atoms with van der Waals surface area (Å²) in [5.74, 6) is -0.789. The molecule has 5 heteroatoms. The fraction of sp³-hybridized carbons (Fsp3) is 0.333. The summed E-state index contributed by atoms with van der Waals surface area (Å²) in [6, 6.07) is 6.22. The summed E-state index contributed by atoms with van der Waals surface area (Å²) >= 11 is 0. The molecule has 5 nitrogen and oxygen atoms in total. The maximum absolute atomic E-state index is 11.7. The highest BCUT2D eigenvalue weighted by atomic mass is 16.5. The molecule has 1 unspecified atom stereocenters. The molecule has 1 atom stereocenters. The third kappa shape index (κ3) is 3.57. The van der Waals surface area contributed by atoms with E-state index in [0.29, 0.717) is 12.1 Å². The van der Waals surface area contributed by atoms with E-state index in [1.54, 1.807) is 31.2 Å². The molecule has 0 radical (unpaired) electrons. The Morgan fingerprint density at radius 2 is 1.94 bits per heavy atom. The number of methoxy groups -OCH3 is 1. The van der Waals surface area contributed by atoms with Crippen molar-refractivity contribution in [2.75, 3.05) is 7.11 Å². The molecule has 1 aromatic carbocycles. The lowest BCUT2D eigenvalue weighted by atomic mass is 10.1. The fourth-order valence-electron chi connectivity index (χ4n) is 1.31. The quantitative estimate of drug-likeness (QED) is 0.743. The van der Waals surface area contributed by atoms with E-state index in [-0.39, 0.29) is 5.91 Å². The maximum atomic E-state index is 11.7. The minimum absolute atomic E-state index is 0.313. The van der Waals surface area contributed by atoms with E-state index >= 15 is 0 Å². The topological polar surface area (TPSA) is 81.4 Å². The number of nitrogens with two attached hydrogens (primary N) is 1. The van der Waals surface area contributed by atoms with Gasteiger partial charge in [-0.1, -0.05) is 12.1 Å². The predicted octanol–water partition coefficient (Wildman–Crippen LogP) is 0.437. The first-order chi connectivity index (χ1) is 8.08. The Balaban J connectivity index is 2.66. The van der Waals surface area contributed by atoms with E-state index in [1.807, 2.05) is 0 Å². The van der Waals surface area contributed by atoms with E-state index in [1.165, 1.54) is 7.11 Å². The van der Waals surface area contributed by atoms with Crippen molar-refractivity contribution in [1.82, 2.24) is 5.32 Å². The molecular weight excluding hydrogens is 220 g/mol. The van der Waals surface area contributed by atoms with Gasteiger partial charge in [0.1, 0.15) is 6.04 Å². The molecule has 0 aliphatic heterocycles. The Morgan fingerprint density at radius 1 is 1.35 bits per heavy atom. The van der Waals surface area contributed by atoms with E-state index in [9.17, 15) is 9.59 Å². The Bertz CT molecular complexity index is 401. The average Bonchev–Trinajstić information content (AvgIpc) is 2.37. The summed E-state index contributed by atoms with van der Waals surface area (Å²) < 4.78 is 4.52. The summed E-state index contributed by atoms with van der Waals surface area (Å²) in [5.41, 5.74) is 6.88. The van der Waals surface area contributed by atoms with Gasteiger partial charge >= 0.3 is 5.97 Å². The van der Waals surface area contributed by atoms with Crippen LogP contribution in [0.4, 0.5) is 0 Å². The molecule has 0 aliphatic rings. The van der Waals surface area contributed by atoms with Crippen LogP contribution in [-0.2, 0) is 16.1 Å². The van der Waals surface area contributed by atoms with Crippen molar-refractivity contribution in [3.8, 4) is 0 Å². The van der Waals surface area contributed by atoms with Gasteiger partial charge in [0.2, 0.25) is 0 Å². The predicted molar refractivity (Wildman–Crippen MR) is 63.3 cm³/mol. The molecule has 1 amide bonds. The van der Waals surface area contributed by atoms with Crippen LogP contribution in [0.5, 0.6) is 0 Å². The number of carbonyl (C=O) groups excluding carboxylic acids is 2. The van der Waals surface area contributed by atoms with Gasteiger partial charge in [-0.3, -0.25) is 4.79 Å². The summed E-state index contributed by atoms with van der Waals surface area (Å²) in [6.45, 7) is 2.00. The molecule has 0 bridgehead atoms. The van der Waals surface area contributed by atoms with Crippen LogP contribution < -0.4 is 11.1 Å². The molecule has 0 saturated carbocycles. The normalized spacial score (nSPS) is 11.7. The molecule has 0 saturated heterocycles. The minimum Gasteiger partial charge on any atom is -0.467 e. The van der Waals surface area contributed by atoms with Crippen LogP contribution in [0.1, 0.15) is 22.8 Å². The molecule has 0 fully saturated rings. The second-order valence-electron chi connectivity index (χ2n) is 3.62. The average molecular weight is 236 g/mol. The molecule has 0 spiro atoms. The second-order valence-corrected chi connectivity index (χ2v) is 3.62. The minimum atomic E-state index is -0.665. The van der Waals surface area contributed by atoms with Crippen LogP contribution >= 0.6 is 0 Å². The smallest absolute Gasteiger partial charge is 0.328 e. The third-order valence-corrected chi connectivity index (χ3v) is 2.35. The zero-order valence-corrected chi connectivity index (χ0v) is 9.90. The summed E-state index contributed by atoms with van der Waals surface area (Å²) in [5, 5.41) is 2.54. The number of ether oxygens (including phenoxy) is 1. The van der Waals surface area contributed by atoms with Gasteiger partial charge in [-0.2, -0.15) is 0 Å². The van der Waals surface area contributed by atoms with E-state index in [2.05, 4.69) is 10.1 Å².